The van der Waals surface area contributed by atoms with Gasteiger partial charge in [-0.15, -0.1) is 173 Å². The van der Waals surface area contributed by atoms with Crippen molar-refractivity contribution >= 4 is 120 Å². The fourth-order valence-corrected chi connectivity index (χ4v) is 21.0. The van der Waals surface area contributed by atoms with Crippen molar-refractivity contribution in [3.05, 3.63) is 368 Å². The van der Waals surface area contributed by atoms with E-state index in [1.165, 1.54) is 69.7 Å². The van der Waals surface area contributed by atoms with Crippen LogP contribution in [0.2, 0.25) is 52.4 Å². The van der Waals surface area contributed by atoms with E-state index in [-0.39, 0.29) is 71.7 Å². The number of pyridine rings is 7. The van der Waals surface area contributed by atoms with Crippen LogP contribution < -0.4 is 20.7 Å². The number of hydrogen-bond acceptors (Lipinski definition) is 10. The summed E-state index contributed by atoms with van der Waals surface area (Å²) in [5, 5.41) is 12.6. The molecule has 16 heteroatoms. The van der Waals surface area contributed by atoms with Crippen molar-refractivity contribution in [1.82, 2.24) is 34.9 Å². The van der Waals surface area contributed by atoms with Crippen LogP contribution in [0.5, 0.6) is 0 Å². The second-order valence-corrected chi connectivity index (χ2v) is 48.0. The van der Waals surface area contributed by atoms with Crippen molar-refractivity contribution in [1.29, 1.82) is 0 Å². The van der Waals surface area contributed by atoms with E-state index in [0.29, 0.717) is 23.0 Å². The number of aromatic nitrogens is 7. The first kappa shape index (κ1) is 83.7. The Balaban J connectivity index is 0.000000152. The summed E-state index contributed by atoms with van der Waals surface area (Å²) < 4.78 is 58.3. The molecule has 0 spiro atoms. The molecule has 9 nitrogen and oxygen atoms in total. The Hall–Kier alpha value is -10.6. The minimum Gasteiger partial charge on any atom is -0.486 e. The quantitative estimate of drug-likeness (QED) is 0.0871. The summed E-state index contributed by atoms with van der Waals surface area (Å²) in [5.74, 6) is 0.568. The van der Waals surface area contributed by atoms with E-state index in [1.54, 1.807) is 36.4 Å². The number of furan rings is 2. The monoisotopic (exact) mass is 2200 g/mol. The molecule has 10 heterocycles. The molecule has 0 aliphatic rings. The van der Waals surface area contributed by atoms with E-state index in [1.807, 2.05) is 146 Å². The number of para-hydroxylation sites is 1. The number of rotatable bonds is 12. The molecule has 0 aliphatic heterocycles. The second-order valence-electron chi connectivity index (χ2n) is 32.4. The van der Waals surface area contributed by atoms with Gasteiger partial charge in [0.1, 0.15) is 13.7 Å². The molecule has 19 rings (SSSR count). The van der Waals surface area contributed by atoms with Crippen LogP contribution in [0.1, 0.15) is 55.8 Å². The Morgan fingerprint density at radius 2 is 0.975 bits per heavy atom. The van der Waals surface area contributed by atoms with E-state index in [2.05, 4.69) is 258 Å². The summed E-state index contributed by atoms with van der Waals surface area (Å²) in [6.45, 7) is 25.4. The van der Waals surface area contributed by atoms with Gasteiger partial charge in [0.15, 0.2) is 0 Å². The third kappa shape index (κ3) is 22.6. The molecule has 10 aromatic heterocycles. The van der Waals surface area contributed by atoms with Gasteiger partial charge >= 0.3 is 0 Å². The molecule has 19 aromatic rings. The maximum absolute atomic E-state index is 7.29. The summed E-state index contributed by atoms with van der Waals surface area (Å²) in [6, 6.07) is 109. The molecular formula is C106H97Ir3N7O2SSi3-6. The van der Waals surface area contributed by atoms with Crippen LogP contribution in [0, 0.1) is 76.8 Å². The molecule has 0 saturated heterocycles. The molecule has 0 bridgehead atoms. The zero-order valence-corrected chi connectivity index (χ0v) is 81.4. The number of nitrogens with zero attached hydrogens (tertiary/aromatic N) is 7. The van der Waals surface area contributed by atoms with E-state index in [4.69, 9.17) is 32.0 Å². The summed E-state index contributed by atoms with van der Waals surface area (Å²) in [5.41, 5.74) is 19.3. The molecule has 0 N–H and O–H groups in total. The van der Waals surface area contributed by atoms with Crippen LogP contribution in [0.25, 0.3) is 132 Å². The summed E-state index contributed by atoms with van der Waals surface area (Å²) >= 11 is 1.83. The summed E-state index contributed by atoms with van der Waals surface area (Å²) in [7, 11) is -4.53. The van der Waals surface area contributed by atoms with Crippen molar-refractivity contribution < 1.29 is 77.4 Å². The van der Waals surface area contributed by atoms with Crippen molar-refractivity contribution in [3.63, 3.8) is 0 Å². The van der Waals surface area contributed by atoms with Crippen LogP contribution in [0.4, 0.5) is 0 Å². The minimum absolute atomic E-state index is 0. The smallest absolute Gasteiger partial charge is 0.216 e. The van der Waals surface area contributed by atoms with Crippen LogP contribution in [0.3, 0.4) is 0 Å². The molecule has 619 valence electrons. The molecule has 3 radical (unpaired) electrons. The molecule has 0 fully saturated rings. The van der Waals surface area contributed by atoms with Crippen LogP contribution in [0.15, 0.2) is 307 Å². The number of hydrogen-bond donors (Lipinski definition) is 0. The van der Waals surface area contributed by atoms with Gasteiger partial charge < -0.3 is 38.7 Å². The van der Waals surface area contributed by atoms with Gasteiger partial charge in [-0.2, -0.15) is 11.3 Å². The van der Waals surface area contributed by atoms with Gasteiger partial charge in [0.05, 0.1) is 27.3 Å². The number of benzene rings is 9. The molecule has 9 aromatic carbocycles. The Bertz CT molecular complexity index is 6860. The number of aryl methyl sites for hydroxylation is 5. The van der Waals surface area contributed by atoms with Gasteiger partial charge in [-0.1, -0.05) is 232 Å². The maximum atomic E-state index is 7.29. The summed E-state index contributed by atoms with van der Waals surface area (Å²) in [4.78, 5) is 31.5. The average molecular weight is 2200 g/mol. The topological polar surface area (TPSA) is 117 Å². The van der Waals surface area contributed by atoms with Gasteiger partial charge in [-0.05, 0) is 154 Å². The molecular weight excluding hydrogens is 2100 g/mol. The second kappa shape index (κ2) is 41.5. The maximum Gasteiger partial charge on any atom is 0.216 e. The first-order chi connectivity index (χ1) is 59.8. The van der Waals surface area contributed by atoms with Gasteiger partial charge in [0, 0.05) is 120 Å². The Morgan fingerprint density at radius 1 is 0.385 bits per heavy atom. The molecule has 0 aliphatic carbocycles. The zero-order chi connectivity index (χ0) is 88.4. The Kier molecular flexibility index (Phi) is 28.5. The fourth-order valence-electron chi connectivity index (χ4n) is 14.3. The van der Waals surface area contributed by atoms with Crippen molar-refractivity contribution in [2.75, 3.05) is 0 Å². The third-order valence-corrected chi connectivity index (χ3v) is 29.5. The third-order valence-electron chi connectivity index (χ3n) is 20.6. The van der Waals surface area contributed by atoms with E-state index < -0.39 is 37.9 Å². The van der Waals surface area contributed by atoms with Crippen LogP contribution >= 0.6 is 11.3 Å². The average Bonchev–Trinajstić information content (AvgIpc) is 1.72. The van der Waals surface area contributed by atoms with Crippen molar-refractivity contribution in [3.8, 4) is 67.5 Å². The Labute approximate surface area is 774 Å². The number of thiophene rings is 1. The minimum atomic E-state index is -2.16. The predicted molar refractivity (Wildman–Crippen MR) is 508 cm³/mol. The first-order valence-electron chi connectivity index (χ1n) is 43.0. The molecule has 0 amide bonds. The normalized spacial score (nSPS) is 12.1. The van der Waals surface area contributed by atoms with Crippen molar-refractivity contribution in [2.45, 2.75) is 107 Å². The predicted octanol–water partition coefficient (Wildman–Crippen LogP) is 25.5. The largest absolute Gasteiger partial charge is 0.486 e. The molecule has 0 saturated carbocycles. The molecule has 0 unspecified atom stereocenters. The van der Waals surface area contributed by atoms with Gasteiger partial charge in [0.2, 0.25) is 5.71 Å². The van der Waals surface area contributed by atoms with Gasteiger partial charge in [-0.3, -0.25) is 0 Å². The van der Waals surface area contributed by atoms with E-state index in [0.717, 1.165) is 107 Å². The first-order valence-corrected chi connectivity index (χ1v) is 50.8. The SMILES string of the molecule is C[Si](C)(C)c1ccc(-c2[c-]ccc3c2sc2ccccc23)nc1.Cc1cc(-c2[c-]cc3c(c2)oc2ccccc23)ncc1[Si](C)(C)C.Cc1ccc2c(n1)oc1c[c-]c(-c3cc(CC(C)C)c([Si](C)(C)c4ccccc4)cn3)cc12.Cc1ccnc(-c2[c-]cccc2)c1.[2H]C([2H])([2H])c1cccc(-c2[c-]cccc2)n1.[2H]C([2H])([2H])c1cccc(-c2[c-]cccc2)n1.[Ir].[Ir].[Ir]. The van der Waals surface area contributed by atoms with Crippen LogP contribution in [-0.4, -0.2) is 59.1 Å². The molecule has 122 heavy (non-hydrogen) atoms. The molecule has 0 atom stereocenters. The zero-order valence-electron chi connectivity index (χ0n) is 76.4. The standard InChI is InChI=1S/C29H29N2OSi.C21H20NOSi.C20H18NSSi.3C12H10N.3Ir/c1-19(2)15-22-17-26(30-18-28(22)33(4,5)23-9-7-6-8-10-23)21-12-14-27-25(16-21)24-13-11-20(3)31-29(24)32-27;1-14-11-18(22-13-21(14)24(2,3)4)15-9-10-17-16-7-5-6-8-19(16)23-20(17)12-15;1-23(2,3)14-11-12-18(21-13-14)17-9-6-8-16-15-7-4-5-10-19(15)22-20(16)17;2*1-10-6-5-9-12(13-10)11-7-3-2-4-8-11;1-10-7-8-13-12(9-10)11-5-3-2-4-6-11;;;/h6-11,13-14,16-19H,15H2,1-5H3;5-8,10-13H,1-4H3;4-8,10-13H,1-3H3;2*2-7,9H,1H3;2-5,7-9H,1H3;;;/q6*-1;;;/i;;;2*1D3;;;;. The van der Waals surface area contributed by atoms with Crippen LogP contribution in [-0.2, 0) is 66.7 Å². The Morgan fingerprint density at radius 3 is 1.58 bits per heavy atom. The van der Waals surface area contributed by atoms with Gasteiger partial charge in [0.25, 0.3) is 0 Å². The van der Waals surface area contributed by atoms with E-state index in [9.17, 15) is 0 Å². The van der Waals surface area contributed by atoms with E-state index >= 15 is 0 Å². The van der Waals surface area contributed by atoms with Gasteiger partial charge in [-0.25, -0.2) is 4.98 Å². The summed E-state index contributed by atoms with van der Waals surface area (Å²) in [6.07, 6.45) is 9.09. The van der Waals surface area contributed by atoms with Crippen molar-refractivity contribution in [2.24, 2.45) is 5.92 Å². The number of fused-ring (bicyclic) bond motifs is 9. The fraction of sp³-hybridized carbons (Fsp3) is 0.160.